The highest BCUT2D eigenvalue weighted by atomic mass is 79.9. The van der Waals surface area contributed by atoms with Gasteiger partial charge in [-0.05, 0) is 37.0 Å². The summed E-state index contributed by atoms with van der Waals surface area (Å²) < 4.78 is 11.9. The second kappa shape index (κ2) is 4.69. The van der Waals surface area contributed by atoms with Crippen molar-refractivity contribution < 1.29 is 14.3 Å². The summed E-state index contributed by atoms with van der Waals surface area (Å²) in [5.41, 5.74) is 1.70. The molecule has 0 aromatic heterocycles. The van der Waals surface area contributed by atoms with Gasteiger partial charge in [-0.2, -0.15) is 0 Å². The van der Waals surface area contributed by atoms with Crippen LogP contribution in [-0.2, 0) is 15.9 Å². The molecule has 1 saturated carbocycles. The van der Waals surface area contributed by atoms with E-state index in [-0.39, 0.29) is 23.4 Å². The normalized spacial score (nSPS) is 33.1. The van der Waals surface area contributed by atoms with Crippen LogP contribution in [0.3, 0.4) is 0 Å². The van der Waals surface area contributed by atoms with Crippen LogP contribution in [0.1, 0.15) is 28.8 Å². The number of hydrogen-bond donors (Lipinski definition) is 0. The predicted octanol–water partition coefficient (Wildman–Crippen LogP) is 3.00. The van der Waals surface area contributed by atoms with Crippen LogP contribution in [0.15, 0.2) is 22.7 Å². The molecule has 3 nitrogen and oxygen atoms in total. The van der Waals surface area contributed by atoms with E-state index in [9.17, 15) is 4.79 Å². The molecule has 1 fully saturated rings. The lowest BCUT2D eigenvalue weighted by molar-refractivity contribution is -0.0157. The number of carbonyl (C=O) groups excluding carboxylic acids is 1. The van der Waals surface area contributed by atoms with E-state index in [4.69, 9.17) is 9.47 Å². The Bertz CT molecular complexity index is 514. The molecule has 2 aliphatic carbocycles. The predicted molar refractivity (Wildman–Crippen MR) is 75.4 cm³/mol. The van der Waals surface area contributed by atoms with Gasteiger partial charge in [0.1, 0.15) is 0 Å². The molecule has 3 atom stereocenters. The highest BCUT2D eigenvalue weighted by Gasteiger charge is 2.54. The quantitative estimate of drug-likeness (QED) is 0.839. The summed E-state index contributed by atoms with van der Waals surface area (Å²) in [5, 5.41) is 0. The molecule has 2 aliphatic rings. The number of fused-ring (bicyclic) bond motifs is 1. The van der Waals surface area contributed by atoms with Crippen LogP contribution in [0, 0.1) is 5.41 Å². The molecule has 0 N–H and O–H groups in total. The number of benzene rings is 1. The van der Waals surface area contributed by atoms with Gasteiger partial charge in [-0.25, -0.2) is 0 Å². The van der Waals surface area contributed by atoms with Gasteiger partial charge < -0.3 is 9.47 Å². The van der Waals surface area contributed by atoms with Crippen molar-refractivity contribution in [3.8, 4) is 0 Å². The van der Waals surface area contributed by atoms with Gasteiger partial charge in [0.25, 0.3) is 0 Å². The molecule has 0 heterocycles. The Morgan fingerprint density at radius 1 is 1.21 bits per heavy atom. The molecule has 1 aromatic rings. The molecule has 3 rings (SSSR count). The lowest BCUT2D eigenvalue weighted by atomic mass is 9.82. The summed E-state index contributed by atoms with van der Waals surface area (Å²) in [6.45, 7) is 0. The van der Waals surface area contributed by atoms with E-state index < -0.39 is 0 Å². The third-order valence-corrected chi connectivity index (χ3v) is 5.02. The number of halogens is 1. The SMILES string of the molecule is CO[C@H]1CC2(Cc3ccc(Br)cc3C2=O)C[C@H]1OC. The lowest BCUT2D eigenvalue weighted by Gasteiger charge is -2.20. The number of Topliss-reactive ketones (excluding diaryl/α,β-unsaturated/α-hetero) is 1. The Morgan fingerprint density at radius 3 is 2.42 bits per heavy atom. The molecular weight excluding hydrogens is 308 g/mol. The number of hydrogen-bond acceptors (Lipinski definition) is 3. The van der Waals surface area contributed by atoms with Crippen molar-refractivity contribution >= 4 is 21.7 Å². The molecule has 1 spiro atoms. The molecule has 0 aliphatic heterocycles. The average molecular weight is 325 g/mol. The summed E-state index contributed by atoms with van der Waals surface area (Å²) in [6, 6.07) is 5.99. The fourth-order valence-electron chi connectivity index (χ4n) is 3.56. The first kappa shape index (κ1) is 13.3. The third-order valence-electron chi connectivity index (χ3n) is 4.53. The van der Waals surface area contributed by atoms with E-state index in [0.29, 0.717) is 0 Å². The Balaban J connectivity index is 1.95. The maximum atomic E-state index is 12.8. The van der Waals surface area contributed by atoms with Gasteiger partial charge in [0, 0.05) is 29.7 Å². The van der Waals surface area contributed by atoms with Gasteiger partial charge >= 0.3 is 0 Å². The van der Waals surface area contributed by atoms with Crippen molar-refractivity contribution in [3.05, 3.63) is 33.8 Å². The molecule has 0 bridgehead atoms. The van der Waals surface area contributed by atoms with Crippen LogP contribution in [0.2, 0.25) is 0 Å². The van der Waals surface area contributed by atoms with Crippen LogP contribution in [0.4, 0.5) is 0 Å². The highest BCUT2D eigenvalue weighted by Crippen LogP contribution is 2.50. The third kappa shape index (κ3) is 1.97. The molecule has 1 aromatic carbocycles. The van der Waals surface area contributed by atoms with Gasteiger partial charge in [0.05, 0.1) is 12.2 Å². The standard InChI is InChI=1S/C15H17BrO3/c1-18-12-7-15(8-13(12)19-2)6-9-3-4-10(16)5-11(9)14(15)17/h3-5,12-13H,6-8H2,1-2H3/t12-,13+,15?. The number of rotatable bonds is 2. The number of ether oxygens (including phenoxy) is 2. The van der Waals surface area contributed by atoms with Crippen LogP contribution in [-0.4, -0.2) is 32.2 Å². The van der Waals surface area contributed by atoms with Crippen LogP contribution in [0.25, 0.3) is 0 Å². The number of ketones is 1. The van der Waals surface area contributed by atoms with Crippen molar-refractivity contribution in [3.63, 3.8) is 0 Å². The summed E-state index contributed by atoms with van der Waals surface area (Å²) in [6.07, 6.45) is 2.37. The second-order valence-electron chi connectivity index (χ2n) is 5.54. The van der Waals surface area contributed by atoms with E-state index in [2.05, 4.69) is 15.9 Å². The first-order valence-electron chi connectivity index (χ1n) is 6.48. The summed E-state index contributed by atoms with van der Waals surface area (Å²) >= 11 is 3.44. The van der Waals surface area contributed by atoms with Crippen LogP contribution in [0.5, 0.6) is 0 Å². The molecule has 1 unspecified atom stereocenters. The summed E-state index contributed by atoms with van der Waals surface area (Å²) in [5.74, 6) is 0.255. The number of carbonyl (C=O) groups is 1. The van der Waals surface area contributed by atoms with Gasteiger partial charge in [0.2, 0.25) is 0 Å². The Hall–Kier alpha value is -0.710. The first-order chi connectivity index (χ1) is 9.09. The Kier molecular flexibility index (Phi) is 3.28. The fraction of sp³-hybridized carbons (Fsp3) is 0.533. The summed E-state index contributed by atoms with van der Waals surface area (Å²) in [7, 11) is 3.39. The van der Waals surface area contributed by atoms with Gasteiger partial charge in [0.15, 0.2) is 5.78 Å². The Morgan fingerprint density at radius 2 is 1.84 bits per heavy atom. The van der Waals surface area contributed by atoms with Gasteiger partial charge in [-0.15, -0.1) is 0 Å². The highest BCUT2D eigenvalue weighted by molar-refractivity contribution is 9.10. The summed E-state index contributed by atoms with van der Waals surface area (Å²) in [4.78, 5) is 12.8. The van der Waals surface area contributed by atoms with E-state index in [1.165, 1.54) is 0 Å². The smallest absolute Gasteiger partial charge is 0.169 e. The molecular formula is C15H17BrO3. The largest absolute Gasteiger partial charge is 0.379 e. The van der Waals surface area contributed by atoms with Crippen molar-refractivity contribution in [2.24, 2.45) is 5.41 Å². The molecule has 4 heteroatoms. The zero-order chi connectivity index (χ0) is 13.6. The van der Waals surface area contributed by atoms with Crippen molar-refractivity contribution in [1.82, 2.24) is 0 Å². The Labute approximate surface area is 121 Å². The van der Waals surface area contributed by atoms with Gasteiger partial charge in [-0.3, -0.25) is 4.79 Å². The zero-order valence-corrected chi connectivity index (χ0v) is 12.7. The van der Waals surface area contributed by atoms with Crippen molar-refractivity contribution in [1.29, 1.82) is 0 Å². The van der Waals surface area contributed by atoms with E-state index in [0.717, 1.165) is 34.9 Å². The average Bonchev–Trinajstić information content (AvgIpc) is 2.90. The minimum atomic E-state index is -0.315. The van der Waals surface area contributed by atoms with E-state index >= 15 is 0 Å². The fourth-order valence-corrected chi connectivity index (χ4v) is 3.92. The lowest BCUT2D eigenvalue weighted by Crippen LogP contribution is -2.25. The van der Waals surface area contributed by atoms with Crippen molar-refractivity contribution in [2.45, 2.75) is 31.5 Å². The minimum Gasteiger partial charge on any atom is -0.379 e. The first-order valence-corrected chi connectivity index (χ1v) is 7.28. The minimum absolute atomic E-state index is 0.0201. The van der Waals surface area contributed by atoms with E-state index in [1.54, 1.807) is 14.2 Å². The monoisotopic (exact) mass is 324 g/mol. The zero-order valence-electron chi connectivity index (χ0n) is 11.1. The maximum Gasteiger partial charge on any atom is 0.169 e. The molecule has 0 saturated heterocycles. The van der Waals surface area contributed by atoms with Gasteiger partial charge in [-0.1, -0.05) is 22.0 Å². The molecule has 0 radical (unpaired) electrons. The number of methoxy groups -OCH3 is 2. The molecule has 0 amide bonds. The van der Waals surface area contributed by atoms with Crippen LogP contribution >= 0.6 is 15.9 Å². The maximum absolute atomic E-state index is 12.8. The van der Waals surface area contributed by atoms with E-state index in [1.807, 2.05) is 18.2 Å². The topological polar surface area (TPSA) is 35.5 Å². The van der Waals surface area contributed by atoms with Crippen molar-refractivity contribution in [2.75, 3.05) is 14.2 Å². The van der Waals surface area contributed by atoms with Crippen LogP contribution < -0.4 is 0 Å². The molecule has 102 valence electrons. The second-order valence-corrected chi connectivity index (χ2v) is 6.46. The molecule has 19 heavy (non-hydrogen) atoms.